The average Bonchev–Trinajstić information content (AvgIpc) is 3.09. The third-order valence-corrected chi connectivity index (χ3v) is 4.53. The van der Waals surface area contributed by atoms with Crippen molar-refractivity contribution in [3.8, 4) is 5.82 Å². The molecule has 2 aliphatic rings. The molecule has 0 spiro atoms. The second kappa shape index (κ2) is 4.13. The van der Waals surface area contributed by atoms with Crippen molar-refractivity contribution in [2.45, 2.75) is 24.7 Å². The Labute approximate surface area is 112 Å². The minimum atomic E-state index is 0.263. The fourth-order valence-electron chi connectivity index (χ4n) is 3.47. The van der Waals surface area contributed by atoms with Gasteiger partial charge in [0.15, 0.2) is 5.82 Å². The van der Waals surface area contributed by atoms with E-state index in [1.807, 2.05) is 10.8 Å². The van der Waals surface area contributed by atoms with E-state index in [2.05, 4.69) is 32.2 Å². The highest BCUT2D eigenvalue weighted by molar-refractivity contribution is 5.27. The molecule has 0 aliphatic carbocycles. The minimum Gasteiger partial charge on any atom is -0.302 e. The van der Waals surface area contributed by atoms with Gasteiger partial charge in [-0.3, -0.25) is 4.57 Å². The van der Waals surface area contributed by atoms with Crippen molar-refractivity contribution in [2.24, 2.45) is 0 Å². The zero-order valence-electron chi connectivity index (χ0n) is 10.9. The Bertz CT molecular complexity index is 558. The molecule has 0 amide bonds. The fraction of sp³-hybridized carbons (Fsp3) is 0.500. The first kappa shape index (κ1) is 11.1. The number of piperidine rings is 1. The molecule has 2 atom stereocenters. The summed E-state index contributed by atoms with van der Waals surface area (Å²) < 4.78 is 1.89. The van der Waals surface area contributed by atoms with Crippen molar-refractivity contribution < 1.29 is 0 Å². The van der Waals surface area contributed by atoms with Crippen LogP contribution in [0.4, 0.5) is 0 Å². The van der Waals surface area contributed by atoms with E-state index < -0.39 is 0 Å². The van der Waals surface area contributed by atoms with E-state index in [1.165, 1.54) is 38.0 Å². The van der Waals surface area contributed by atoms with Crippen LogP contribution in [0.3, 0.4) is 0 Å². The molecule has 2 aromatic rings. The van der Waals surface area contributed by atoms with E-state index in [0.29, 0.717) is 0 Å². The summed E-state index contributed by atoms with van der Waals surface area (Å²) in [4.78, 5) is 6.59. The van der Waals surface area contributed by atoms with Crippen molar-refractivity contribution in [3.63, 3.8) is 0 Å². The van der Waals surface area contributed by atoms with Crippen LogP contribution >= 0.6 is 0 Å². The van der Waals surface area contributed by atoms with Crippen LogP contribution in [0.25, 0.3) is 5.82 Å². The summed E-state index contributed by atoms with van der Waals surface area (Å²) in [5, 5.41) is 8.87. The maximum Gasteiger partial charge on any atom is 0.160 e. The van der Waals surface area contributed by atoms with E-state index in [-0.39, 0.29) is 5.41 Å². The van der Waals surface area contributed by atoms with Crippen molar-refractivity contribution in [2.75, 3.05) is 19.6 Å². The predicted molar refractivity (Wildman–Crippen MR) is 71.1 cm³/mol. The Balaban J connectivity index is 1.66. The van der Waals surface area contributed by atoms with Gasteiger partial charge in [-0.05, 0) is 44.5 Å². The molecule has 5 heteroatoms. The van der Waals surface area contributed by atoms with Gasteiger partial charge < -0.3 is 4.90 Å². The van der Waals surface area contributed by atoms with Gasteiger partial charge in [-0.2, -0.15) is 5.10 Å². The molecule has 2 saturated heterocycles. The van der Waals surface area contributed by atoms with Gasteiger partial charge in [0.25, 0.3) is 0 Å². The molecule has 4 rings (SSSR count). The monoisotopic (exact) mass is 255 g/mol. The second-order valence-corrected chi connectivity index (χ2v) is 5.66. The molecule has 2 aromatic heterocycles. The number of rotatable bonds is 2. The summed E-state index contributed by atoms with van der Waals surface area (Å²) in [5.41, 5.74) is 1.43. The lowest BCUT2D eigenvalue weighted by molar-refractivity contribution is 0.239. The van der Waals surface area contributed by atoms with Crippen LogP contribution < -0.4 is 0 Å². The van der Waals surface area contributed by atoms with Gasteiger partial charge >= 0.3 is 0 Å². The largest absolute Gasteiger partial charge is 0.302 e. The summed E-state index contributed by atoms with van der Waals surface area (Å²) in [6.07, 6.45) is 9.16. The highest BCUT2D eigenvalue weighted by Gasteiger charge is 2.43. The molecule has 2 unspecified atom stereocenters. The molecule has 19 heavy (non-hydrogen) atoms. The van der Waals surface area contributed by atoms with E-state index >= 15 is 0 Å². The number of fused-ring (bicyclic) bond motifs is 2. The van der Waals surface area contributed by atoms with Crippen molar-refractivity contribution in [1.29, 1.82) is 0 Å². The fourth-order valence-corrected chi connectivity index (χ4v) is 3.47. The van der Waals surface area contributed by atoms with Crippen molar-refractivity contribution >= 4 is 0 Å². The lowest BCUT2D eigenvalue weighted by Crippen LogP contribution is -2.37. The van der Waals surface area contributed by atoms with Crippen LogP contribution in [0.2, 0.25) is 0 Å². The van der Waals surface area contributed by atoms with Gasteiger partial charge in [-0.25, -0.2) is 4.98 Å². The average molecular weight is 255 g/mol. The van der Waals surface area contributed by atoms with Crippen molar-refractivity contribution in [3.05, 3.63) is 36.5 Å². The Morgan fingerprint density at radius 2 is 2.11 bits per heavy atom. The first-order valence-electron chi connectivity index (χ1n) is 6.91. The maximum atomic E-state index is 4.50. The first-order valence-corrected chi connectivity index (χ1v) is 6.91. The normalized spacial score (nSPS) is 29.6. The summed E-state index contributed by atoms with van der Waals surface area (Å²) >= 11 is 0. The molecule has 2 bridgehead atoms. The molecule has 0 saturated carbocycles. The highest BCUT2D eigenvalue weighted by atomic mass is 15.2. The first-order chi connectivity index (χ1) is 9.36. The summed E-state index contributed by atoms with van der Waals surface area (Å²) in [7, 11) is 0. The van der Waals surface area contributed by atoms with Gasteiger partial charge in [0, 0.05) is 24.4 Å². The highest BCUT2D eigenvalue weighted by Crippen LogP contribution is 2.40. The molecule has 2 fully saturated rings. The second-order valence-electron chi connectivity index (χ2n) is 5.66. The molecule has 5 nitrogen and oxygen atoms in total. The van der Waals surface area contributed by atoms with Crippen LogP contribution in [0.15, 0.2) is 30.9 Å². The topological polar surface area (TPSA) is 46.8 Å². The summed E-state index contributed by atoms with van der Waals surface area (Å²) in [5.74, 6) is 0.836. The zero-order valence-corrected chi connectivity index (χ0v) is 10.9. The Kier molecular flexibility index (Phi) is 2.41. The standard InChI is InChI=1S/C14H17N5/c1-4-14(5-8-18(7-1)10-14)12-2-3-13(17-16-12)19-9-6-15-11-19/h2-3,6,9,11H,1,4-5,7-8,10H2. The van der Waals surface area contributed by atoms with Gasteiger partial charge in [-0.1, -0.05) is 0 Å². The van der Waals surface area contributed by atoms with E-state index in [4.69, 9.17) is 0 Å². The number of hydrogen-bond donors (Lipinski definition) is 0. The molecule has 0 radical (unpaired) electrons. The van der Waals surface area contributed by atoms with Crippen LogP contribution in [-0.2, 0) is 5.41 Å². The number of nitrogens with zero attached hydrogens (tertiary/aromatic N) is 5. The Morgan fingerprint density at radius 1 is 1.11 bits per heavy atom. The van der Waals surface area contributed by atoms with E-state index in [1.54, 1.807) is 12.5 Å². The maximum absolute atomic E-state index is 4.50. The van der Waals surface area contributed by atoms with Crippen LogP contribution in [0.5, 0.6) is 0 Å². The zero-order chi connectivity index (χ0) is 12.7. The quantitative estimate of drug-likeness (QED) is 0.814. The lowest BCUT2D eigenvalue weighted by atomic mass is 9.78. The molecule has 0 N–H and O–H groups in total. The smallest absolute Gasteiger partial charge is 0.160 e. The number of aromatic nitrogens is 4. The molecule has 98 valence electrons. The minimum absolute atomic E-state index is 0.263. The third-order valence-electron chi connectivity index (χ3n) is 4.53. The molecule has 2 aliphatic heterocycles. The lowest BCUT2D eigenvalue weighted by Gasteiger charge is -2.33. The molecular formula is C14H17N5. The van der Waals surface area contributed by atoms with Crippen LogP contribution in [-0.4, -0.2) is 44.3 Å². The van der Waals surface area contributed by atoms with Gasteiger partial charge in [0.05, 0.1) is 5.69 Å². The van der Waals surface area contributed by atoms with E-state index in [9.17, 15) is 0 Å². The SMILES string of the molecule is c1cn(-c2ccc(C34CCCN(CC3)C4)nn2)cn1. The van der Waals surface area contributed by atoms with Crippen molar-refractivity contribution in [1.82, 2.24) is 24.6 Å². The third kappa shape index (κ3) is 1.76. The molecule has 4 heterocycles. The van der Waals surface area contributed by atoms with Crippen LogP contribution in [0, 0.1) is 0 Å². The predicted octanol–water partition coefficient (Wildman–Crippen LogP) is 1.40. The Hall–Kier alpha value is -1.75. The van der Waals surface area contributed by atoms with E-state index in [0.717, 1.165) is 12.4 Å². The van der Waals surface area contributed by atoms with Gasteiger partial charge in [0.1, 0.15) is 6.33 Å². The van der Waals surface area contributed by atoms with Gasteiger partial charge in [-0.15, -0.1) is 5.10 Å². The number of imidazole rings is 1. The summed E-state index contributed by atoms with van der Waals surface area (Å²) in [6.45, 7) is 3.62. The Morgan fingerprint density at radius 3 is 2.89 bits per heavy atom. The summed E-state index contributed by atoms with van der Waals surface area (Å²) in [6, 6.07) is 4.20. The molecule has 0 aromatic carbocycles. The van der Waals surface area contributed by atoms with Crippen LogP contribution in [0.1, 0.15) is 25.0 Å². The molecular weight excluding hydrogens is 238 g/mol. The van der Waals surface area contributed by atoms with Gasteiger partial charge in [0.2, 0.25) is 0 Å². The number of hydrogen-bond acceptors (Lipinski definition) is 4.